The van der Waals surface area contributed by atoms with Gasteiger partial charge in [0, 0.05) is 33.9 Å². The van der Waals surface area contributed by atoms with Gasteiger partial charge in [-0.1, -0.05) is 30.3 Å². The Morgan fingerprint density at radius 1 is 1.27 bits per heavy atom. The standard InChI is InChI=1S/C17H26N2O3/c1-21-13-10-18-17(20)19-11-8-15(9-12-19)16(22-2)14-6-4-3-5-7-14/h3-7,15-16H,8-13H2,1-2H3,(H,18,20). The number of piperidine rings is 1. The Hall–Kier alpha value is -1.59. The van der Waals surface area contributed by atoms with Crippen LogP contribution in [0.3, 0.4) is 0 Å². The van der Waals surface area contributed by atoms with Crippen LogP contribution in [-0.2, 0) is 9.47 Å². The van der Waals surface area contributed by atoms with Crippen molar-refractivity contribution >= 4 is 6.03 Å². The Morgan fingerprint density at radius 3 is 2.55 bits per heavy atom. The second-order valence-corrected chi connectivity index (χ2v) is 5.62. The summed E-state index contributed by atoms with van der Waals surface area (Å²) in [5, 5.41) is 2.87. The Balaban J connectivity index is 1.84. The number of likely N-dealkylation sites (tertiary alicyclic amines) is 1. The van der Waals surface area contributed by atoms with Crippen LogP contribution >= 0.6 is 0 Å². The molecule has 0 aromatic heterocycles. The lowest BCUT2D eigenvalue weighted by Crippen LogP contribution is -2.46. The van der Waals surface area contributed by atoms with E-state index in [-0.39, 0.29) is 12.1 Å². The second-order valence-electron chi connectivity index (χ2n) is 5.62. The van der Waals surface area contributed by atoms with E-state index in [2.05, 4.69) is 17.4 Å². The highest BCUT2D eigenvalue weighted by molar-refractivity contribution is 5.74. The number of benzene rings is 1. The number of hydrogen-bond acceptors (Lipinski definition) is 3. The number of rotatable bonds is 6. The van der Waals surface area contributed by atoms with E-state index in [4.69, 9.17) is 9.47 Å². The minimum atomic E-state index is 0.00387. The zero-order valence-electron chi connectivity index (χ0n) is 13.5. The fraction of sp³-hybridized carbons (Fsp3) is 0.588. The summed E-state index contributed by atoms with van der Waals surface area (Å²) < 4.78 is 10.7. The fourth-order valence-electron chi connectivity index (χ4n) is 3.02. The Labute approximate surface area is 132 Å². The molecule has 2 amide bonds. The van der Waals surface area contributed by atoms with E-state index >= 15 is 0 Å². The predicted octanol–water partition coefficient (Wildman–Crippen LogP) is 2.44. The van der Waals surface area contributed by atoms with E-state index in [0.29, 0.717) is 19.1 Å². The van der Waals surface area contributed by atoms with Gasteiger partial charge in [0.2, 0.25) is 0 Å². The molecule has 1 saturated heterocycles. The van der Waals surface area contributed by atoms with Gasteiger partial charge in [-0.25, -0.2) is 4.79 Å². The molecule has 1 aromatic carbocycles. The first-order valence-corrected chi connectivity index (χ1v) is 7.85. The largest absolute Gasteiger partial charge is 0.383 e. The summed E-state index contributed by atoms with van der Waals surface area (Å²) in [5.74, 6) is 0.454. The number of nitrogens with zero attached hydrogens (tertiary/aromatic N) is 1. The molecule has 1 aromatic rings. The monoisotopic (exact) mass is 306 g/mol. The molecule has 1 N–H and O–H groups in total. The highest BCUT2D eigenvalue weighted by Gasteiger charge is 2.29. The van der Waals surface area contributed by atoms with E-state index in [1.165, 1.54) is 5.56 Å². The third-order valence-corrected chi connectivity index (χ3v) is 4.22. The lowest BCUT2D eigenvalue weighted by atomic mass is 9.87. The van der Waals surface area contributed by atoms with Crippen molar-refractivity contribution in [3.8, 4) is 0 Å². The average Bonchev–Trinajstić information content (AvgIpc) is 2.57. The maximum Gasteiger partial charge on any atom is 0.317 e. The molecule has 1 aliphatic rings. The zero-order valence-corrected chi connectivity index (χ0v) is 13.5. The summed E-state index contributed by atoms with van der Waals surface area (Å²) in [5.41, 5.74) is 1.22. The van der Waals surface area contributed by atoms with Crippen LogP contribution in [0.5, 0.6) is 0 Å². The van der Waals surface area contributed by atoms with Crippen molar-refractivity contribution in [3.05, 3.63) is 35.9 Å². The van der Waals surface area contributed by atoms with Crippen molar-refractivity contribution in [1.82, 2.24) is 10.2 Å². The number of carbonyl (C=O) groups excluding carboxylic acids is 1. The average molecular weight is 306 g/mol. The highest BCUT2D eigenvalue weighted by atomic mass is 16.5. The van der Waals surface area contributed by atoms with E-state index in [9.17, 15) is 4.79 Å². The lowest BCUT2D eigenvalue weighted by molar-refractivity contribution is 0.0254. The normalized spacial score (nSPS) is 17.3. The van der Waals surface area contributed by atoms with Gasteiger partial charge in [0.1, 0.15) is 0 Å². The first kappa shape index (κ1) is 16.8. The Morgan fingerprint density at radius 2 is 1.95 bits per heavy atom. The molecular weight excluding hydrogens is 280 g/mol. The Bertz CT molecular complexity index is 444. The van der Waals surface area contributed by atoms with Crippen molar-refractivity contribution in [2.45, 2.75) is 18.9 Å². The van der Waals surface area contributed by atoms with Crippen molar-refractivity contribution in [1.29, 1.82) is 0 Å². The van der Waals surface area contributed by atoms with Crippen LogP contribution in [0.15, 0.2) is 30.3 Å². The number of methoxy groups -OCH3 is 2. The minimum absolute atomic E-state index is 0.00387. The first-order chi connectivity index (χ1) is 10.8. The van der Waals surface area contributed by atoms with Crippen LogP contribution in [-0.4, -0.2) is 51.4 Å². The van der Waals surface area contributed by atoms with Gasteiger partial charge in [0.15, 0.2) is 0 Å². The van der Waals surface area contributed by atoms with E-state index in [1.807, 2.05) is 23.1 Å². The topological polar surface area (TPSA) is 50.8 Å². The molecule has 1 fully saturated rings. The SMILES string of the molecule is COCCNC(=O)N1CCC(C(OC)c2ccccc2)CC1. The molecule has 122 valence electrons. The molecule has 1 aliphatic heterocycles. The molecule has 5 heteroatoms. The van der Waals surface area contributed by atoms with Crippen molar-refractivity contribution in [2.24, 2.45) is 5.92 Å². The van der Waals surface area contributed by atoms with Gasteiger partial charge in [-0.3, -0.25) is 0 Å². The van der Waals surface area contributed by atoms with Crippen LogP contribution in [0.2, 0.25) is 0 Å². The molecule has 0 saturated carbocycles. The fourth-order valence-corrected chi connectivity index (χ4v) is 3.02. The van der Waals surface area contributed by atoms with E-state index in [1.54, 1.807) is 14.2 Å². The summed E-state index contributed by atoms with van der Waals surface area (Å²) >= 11 is 0. The van der Waals surface area contributed by atoms with Gasteiger partial charge < -0.3 is 19.7 Å². The van der Waals surface area contributed by atoms with Crippen molar-refractivity contribution < 1.29 is 14.3 Å². The number of amides is 2. The molecule has 0 aliphatic carbocycles. The molecule has 0 bridgehead atoms. The van der Waals surface area contributed by atoms with Crippen LogP contribution in [0.1, 0.15) is 24.5 Å². The number of nitrogens with one attached hydrogen (secondary N) is 1. The molecule has 22 heavy (non-hydrogen) atoms. The van der Waals surface area contributed by atoms with Crippen LogP contribution in [0.4, 0.5) is 4.79 Å². The van der Waals surface area contributed by atoms with Gasteiger partial charge in [-0.15, -0.1) is 0 Å². The maximum absolute atomic E-state index is 12.0. The molecule has 0 spiro atoms. The summed E-state index contributed by atoms with van der Waals surface area (Å²) in [6, 6.07) is 10.3. The van der Waals surface area contributed by atoms with Crippen LogP contribution < -0.4 is 5.32 Å². The van der Waals surface area contributed by atoms with E-state index in [0.717, 1.165) is 25.9 Å². The predicted molar refractivity (Wildman–Crippen MR) is 85.8 cm³/mol. The van der Waals surface area contributed by atoms with Crippen LogP contribution in [0.25, 0.3) is 0 Å². The summed E-state index contributed by atoms with van der Waals surface area (Å²) in [6.07, 6.45) is 2.04. The smallest absolute Gasteiger partial charge is 0.317 e. The molecule has 1 unspecified atom stereocenters. The summed E-state index contributed by atoms with van der Waals surface area (Å²) in [6.45, 7) is 2.65. The van der Waals surface area contributed by atoms with Gasteiger partial charge >= 0.3 is 6.03 Å². The summed E-state index contributed by atoms with van der Waals surface area (Å²) in [4.78, 5) is 13.9. The van der Waals surface area contributed by atoms with Crippen molar-refractivity contribution in [2.75, 3.05) is 40.5 Å². The molecule has 0 radical (unpaired) electrons. The molecule has 2 rings (SSSR count). The van der Waals surface area contributed by atoms with Crippen LogP contribution in [0, 0.1) is 5.92 Å². The quantitative estimate of drug-likeness (QED) is 0.821. The van der Waals surface area contributed by atoms with Gasteiger partial charge in [0.25, 0.3) is 0 Å². The molecule has 1 atom stereocenters. The van der Waals surface area contributed by atoms with E-state index < -0.39 is 0 Å². The van der Waals surface area contributed by atoms with Gasteiger partial charge in [-0.2, -0.15) is 0 Å². The molecule has 1 heterocycles. The zero-order chi connectivity index (χ0) is 15.8. The lowest BCUT2D eigenvalue weighted by Gasteiger charge is -2.35. The molecule has 5 nitrogen and oxygen atoms in total. The first-order valence-electron chi connectivity index (χ1n) is 7.85. The third kappa shape index (κ3) is 4.45. The van der Waals surface area contributed by atoms with Gasteiger partial charge in [0.05, 0.1) is 12.7 Å². The maximum atomic E-state index is 12.0. The van der Waals surface area contributed by atoms with Gasteiger partial charge in [-0.05, 0) is 24.3 Å². The number of carbonyl (C=O) groups is 1. The molecular formula is C17H26N2O3. The number of hydrogen-bond donors (Lipinski definition) is 1. The Kier molecular flexibility index (Phi) is 6.68. The minimum Gasteiger partial charge on any atom is -0.383 e. The summed E-state index contributed by atoms with van der Waals surface area (Å²) in [7, 11) is 3.40. The third-order valence-electron chi connectivity index (χ3n) is 4.22. The number of ether oxygens (including phenoxy) is 2. The second kappa shape index (κ2) is 8.76. The number of urea groups is 1. The van der Waals surface area contributed by atoms with Crippen molar-refractivity contribution in [3.63, 3.8) is 0 Å². The highest BCUT2D eigenvalue weighted by Crippen LogP contribution is 2.33.